The molecule has 0 fully saturated rings. The van der Waals surface area contributed by atoms with Crippen LogP contribution < -0.4 is 0 Å². The molecule has 2 aromatic rings. The first kappa shape index (κ1) is 14.2. The van der Waals surface area contributed by atoms with Gasteiger partial charge in [-0.05, 0) is 18.7 Å². The van der Waals surface area contributed by atoms with Gasteiger partial charge in [-0.3, -0.25) is 4.90 Å². The van der Waals surface area contributed by atoms with E-state index in [4.69, 9.17) is 0 Å². The van der Waals surface area contributed by atoms with Gasteiger partial charge in [0.1, 0.15) is 5.82 Å². The average Bonchev–Trinajstić information content (AvgIpc) is 2.75. The monoisotopic (exact) mass is 323 g/mol. The van der Waals surface area contributed by atoms with Crippen molar-refractivity contribution in [1.82, 2.24) is 14.5 Å². The zero-order valence-electron chi connectivity index (χ0n) is 11.1. The van der Waals surface area contributed by atoms with E-state index in [2.05, 4.69) is 25.8 Å². The Bertz CT molecular complexity index is 541. The van der Waals surface area contributed by atoms with Gasteiger partial charge in [0.05, 0.1) is 12.6 Å². The Morgan fingerprint density at radius 3 is 2.79 bits per heavy atom. The van der Waals surface area contributed by atoms with Crippen molar-refractivity contribution in [2.45, 2.75) is 12.6 Å². The van der Waals surface area contributed by atoms with Crippen molar-refractivity contribution in [2.24, 2.45) is 7.05 Å². The molecule has 0 bridgehead atoms. The Kier molecular flexibility index (Phi) is 4.74. The fraction of sp³-hybridized carbons (Fsp3) is 0.357. The molecule has 1 N–H and O–H groups in total. The van der Waals surface area contributed by atoms with Gasteiger partial charge >= 0.3 is 0 Å². The number of hydrogen-bond acceptors (Lipinski definition) is 3. The third-order valence-corrected chi connectivity index (χ3v) is 3.80. The summed E-state index contributed by atoms with van der Waals surface area (Å²) in [5, 5.41) is 10.3. The van der Waals surface area contributed by atoms with Gasteiger partial charge in [-0.2, -0.15) is 0 Å². The van der Waals surface area contributed by atoms with Crippen LogP contribution in [0.4, 0.5) is 0 Å². The Hall–Kier alpha value is -1.17. The number of hydrogen-bond donors (Lipinski definition) is 1. The molecule has 1 unspecified atom stereocenters. The molecular formula is C14H18BrN3O. The molecule has 1 atom stereocenters. The van der Waals surface area contributed by atoms with E-state index in [-0.39, 0.29) is 0 Å². The van der Waals surface area contributed by atoms with Crippen molar-refractivity contribution < 1.29 is 5.11 Å². The normalized spacial score (nSPS) is 12.9. The maximum absolute atomic E-state index is 10.3. The largest absolute Gasteiger partial charge is 0.387 e. The number of aliphatic hydroxyl groups is 1. The number of imidazole rings is 1. The third-order valence-electron chi connectivity index (χ3n) is 3.08. The number of likely N-dealkylation sites (N-methyl/N-ethyl adjacent to an activating group) is 1. The molecule has 0 radical (unpaired) electrons. The molecule has 1 heterocycles. The number of aromatic nitrogens is 2. The Morgan fingerprint density at radius 1 is 1.42 bits per heavy atom. The zero-order valence-corrected chi connectivity index (χ0v) is 12.7. The zero-order chi connectivity index (χ0) is 13.8. The molecule has 5 heteroatoms. The highest BCUT2D eigenvalue weighted by Crippen LogP contribution is 2.23. The lowest BCUT2D eigenvalue weighted by Gasteiger charge is -2.21. The summed E-state index contributed by atoms with van der Waals surface area (Å²) >= 11 is 3.46. The lowest BCUT2D eigenvalue weighted by atomic mass is 10.1. The van der Waals surface area contributed by atoms with Crippen LogP contribution in [0, 0.1) is 0 Å². The van der Waals surface area contributed by atoms with Crippen molar-refractivity contribution in [3.63, 3.8) is 0 Å². The predicted molar refractivity (Wildman–Crippen MR) is 78.6 cm³/mol. The van der Waals surface area contributed by atoms with Gasteiger partial charge in [-0.25, -0.2) is 4.98 Å². The maximum atomic E-state index is 10.3. The van der Waals surface area contributed by atoms with Crippen LogP contribution in [0.5, 0.6) is 0 Å². The molecule has 1 aromatic heterocycles. The van der Waals surface area contributed by atoms with Crippen LogP contribution in [-0.4, -0.2) is 33.1 Å². The fourth-order valence-electron chi connectivity index (χ4n) is 1.99. The second kappa shape index (κ2) is 6.32. The van der Waals surface area contributed by atoms with Gasteiger partial charge in [0, 0.05) is 30.5 Å². The van der Waals surface area contributed by atoms with Gasteiger partial charge in [0.2, 0.25) is 0 Å². The van der Waals surface area contributed by atoms with E-state index in [0.717, 1.165) is 15.9 Å². The Morgan fingerprint density at radius 2 is 2.16 bits per heavy atom. The topological polar surface area (TPSA) is 41.3 Å². The summed E-state index contributed by atoms with van der Waals surface area (Å²) in [6, 6.07) is 7.75. The molecule has 0 saturated heterocycles. The summed E-state index contributed by atoms with van der Waals surface area (Å²) in [6.07, 6.45) is 3.20. The molecule has 0 aliphatic carbocycles. The smallest absolute Gasteiger partial charge is 0.122 e. The Balaban J connectivity index is 1.97. The summed E-state index contributed by atoms with van der Waals surface area (Å²) in [7, 11) is 3.95. The van der Waals surface area contributed by atoms with Gasteiger partial charge < -0.3 is 9.67 Å². The number of benzene rings is 1. The highest BCUT2D eigenvalue weighted by atomic mass is 79.9. The van der Waals surface area contributed by atoms with E-state index < -0.39 is 6.10 Å². The van der Waals surface area contributed by atoms with E-state index >= 15 is 0 Å². The van der Waals surface area contributed by atoms with Gasteiger partial charge in [0.15, 0.2) is 0 Å². The molecule has 0 aliphatic rings. The second-order valence-corrected chi connectivity index (χ2v) is 5.54. The van der Waals surface area contributed by atoms with Crippen molar-refractivity contribution in [1.29, 1.82) is 0 Å². The molecule has 2 rings (SSSR count). The van der Waals surface area contributed by atoms with Crippen LogP contribution in [0.1, 0.15) is 17.5 Å². The first-order chi connectivity index (χ1) is 9.08. The van der Waals surface area contributed by atoms with Crippen molar-refractivity contribution in [3.05, 3.63) is 52.5 Å². The summed E-state index contributed by atoms with van der Waals surface area (Å²) in [4.78, 5) is 6.35. The standard InChI is InChI=1S/C14H18BrN3O/c1-17(10-14-16-7-8-18(14)2)9-13(19)11-5-3-4-6-12(11)15/h3-8,13,19H,9-10H2,1-2H3. The minimum atomic E-state index is -0.513. The van der Waals surface area contributed by atoms with Crippen LogP contribution in [-0.2, 0) is 13.6 Å². The van der Waals surface area contributed by atoms with E-state index in [1.165, 1.54) is 0 Å². The number of rotatable bonds is 5. The third kappa shape index (κ3) is 3.65. The van der Waals surface area contributed by atoms with Gasteiger partial charge in [-0.1, -0.05) is 34.1 Å². The highest BCUT2D eigenvalue weighted by Gasteiger charge is 2.14. The van der Waals surface area contributed by atoms with Crippen LogP contribution in [0.15, 0.2) is 41.1 Å². The number of aryl methyl sites for hydroxylation is 1. The van der Waals surface area contributed by atoms with Crippen LogP contribution in [0.3, 0.4) is 0 Å². The minimum Gasteiger partial charge on any atom is -0.387 e. The average molecular weight is 324 g/mol. The first-order valence-electron chi connectivity index (χ1n) is 6.15. The van der Waals surface area contributed by atoms with E-state index in [0.29, 0.717) is 13.1 Å². The van der Waals surface area contributed by atoms with Crippen LogP contribution in [0.2, 0.25) is 0 Å². The lowest BCUT2D eigenvalue weighted by molar-refractivity contribution is 0.121. The summed E-state index contributed by atoms with van der Waals surface area (Å²) in [6.45, 7) is 1.28. The SMILES string of the molecule is CN(Cc1nccn1C)CC(O)c1ccccc1Br. The van der Waals surface area contributed by atoms with Crippen LogP contribution >= 0.6 is 15.9 Å². The van der Waals surface area contributed by atoms with Gasteiger partial charge in [0.25, 0.3) is 0 Å². The predicted octanol–water partition coefficient (Wildman–Crippen LogP) is 2.35. The molecule has 102 valence electrons. The molecule has 19 heavy (non-hydrogen) atoms. The molecule has 1 aromatic carbocycles. The van der Waals surface area contributed by atoms with Crippen molar-refractivity contribution in [3.8, 4) is 0 Å². The summed E-state index contributed by atoms with van der Waals surface area (Å²) < 4.78 is 2.93. The fourth-order valence-corrected chi connectivity index (χ4v) is 2.54. The molecule has 0 spiro atoms. The Labute approximate surface area is 121 Å². The number of nitrogens with zero attached hydrogens (tertiary/aromatic N) is 3. The van der Waals surface area contributed by atoms with Crippen LogP contribution in [0.25, 0.3) is 0 Å². The summed E-state index contributed by atoms with van der Waals surface area (Å²) in [5.74, 6) is 0.988. The van der Waals surface area contributed by atoms with E-state index in [1.807, 2.05) is 49.1 Å². The number of aliphatic hydroxyl groups excluding tert-OH is 1. The summed E-state index contributed by atoms with van der Waals surface area (Å²) in [5.41, 5.74) is 0.911. The molecule has 0 aliphatic heterocycles. The molecule has 0 amide bonds. The molecule has 4 nitrogen and oxygen atoms in total. The molecule has 0 saturated carbocycles. The quantitative estimate of drug-likeness (QED) is 0.918. The van der Waals surface area contributed by atoms with Crippen molar-refractivity contribution in [2.75, 3.05) is 13.6 Å². The second-order valence-electron chi connectivity index (χ2n) is 4.69. The maximum Gasteiger partial charge on any atom is 0.122 e. The van der Waals surface area contributed by atoms with E-state index in [1.54, 1.807) is 6.20 Å². The van der Waals surface area contributed by atoms with Gasteiger partial charge in [-0.15, -0.1) is 0 Å². The first-order valence-corrected chi connectivity index (χ1v) is 6.94. The lowest BCUT2D eigenvalue weighted by Crippen LogP contribution is -2.25. The molecular weight excluding hydrogens is 306 g/mol. The number of halogens is 1. The van der Waals surface area contributed by atoms with Crippen molar-refractivity contribution >= 4 is 15.9 Å². The highest BCUT2D eigenvalue weighted by molar-refractivity contribution is 9.10. The minimum absolute atomic E-state index is 0.513. The van der Waals surface area contributed by atoms with E-state index in [9.17, 15) is 5.11 Å².